The number of benzene rings is 1. The molecule has 2 rings (SSSR count). The summed E-state index contributed by atoms with van der Waals surface area (Å²) in [5, 5.41) is 0. The van der Waals surface area contributed by atoms with E-state index in [1.54, 1.807) is 0 Å². The standard InChI is InChI=1S/C15H21F3N2/c16-13-10-15(18)14(17)9-11(13)8-12(19)4-7-20-5-2-1-3-6-20/h9-10,12H,1-8,19H2. The second-order valence-corrected chi connectivity index (χ2v) is 5.51. The molecular weight excluding hydrogens is 265 g/mol. The van der Waals surface area contributed by atoms with Crippen molar-refractivity contribution >= 4 is 0 Å². The topological polar surface area (TPSA) is 29.3 Å². The average molecular weight is 286 g/mol. The van der Waals surface area contributed by atoms with E-state index in [1.165, 1.54) is 19.3 Å². The van der Waals surface area contributed by atoms with Crippen LogP contribution in [0.3, 0.4) is 0 Å². The first-order valence-corrected chi connectivity index (χ1v) is 7.17. The molecule has 112 valence electrons. The molecule has 1 aliphatic heterocycles. The van der Waals surface area contributed by atoms with E-state index >= 15 is 0 Å². The molecule has 2 N–H and O–H groups in total. The summed E-state index contributed by atoms with van der Waals surface area (Å²) in [5.74, 6) is -2.91. The number of rotatable bonds is 5. The molecular formula is C15H21F3N2. The van der Waals surface area contributed by atoms with Crippen LogP contribution < -0.4 is 5.73 Å². The summed E-state index contributed by atoms with van der Waals surface area (Å²) in [4.78, 5) is 2.35. The van der Waals surface area contributed by atoms with Crippen LogP contribution in [0.4, 0.5) is 13.2 Å². The highest BCUT2D eigenvalue weighted by Gasteiger charge is 2.15. The van der Waals surface area contributed by atoms with E-state index in [4.69, 9.17) is 5.73 Å². The van der Waals surface area contributed by atoms with Crippen molar-refractivity contribution in [2.24, 2.45) is 5.73 Å². The third kappa shape index (κ3) is 4.21. The van der Waals surface area contributed by atoms with Crippen molar-refractivity contribution in [3.8, 4) is 0 Å². The molecule has 5 heteroatoms. The molecule has 1 fully saturated rings. The predicted molar refractivity (Wildman–Crippen MR) is 72.9 cm³/mol. The highest BCUT2D eigenvalue weighted by molar-refractivity contribution is 5.21. The molecule has 0 bridgehead atoms. The lowest BCUT2D eigenvalue weighted by Gasteiger charge is -2.27. The Morgan fingerprint density at radius 1 is 1.00 bits per heavy atom. The monoisotopic (exact) mass is 286 g/mol. The van der Waals surface area contributed by atoms with Crippen LogP contribution in [0.15, 0.2) is 12.1 Å². The van der Waals surface area contributed by atoms with Gasteiger partial charge in [0.25, 0.3) is 0 Å². The zero-order valence-corrected chi connectivity index (χ0v) is 11.5. The Kier molecular flexibility index (Phi) is 5.43. The molecule has 0 radical (unpaired) electrons. The van der Waals surface area contributed by atoms with Gasteiger partial charge in [0.2, 0.25) is 0 Å². The summed E-state index contributed by atoms with van der Waals surface area (Å²) < 4.78 is 39.4. The predicted octanol–water partition coefficient (Wildman–Crippen LogP) is 2.85. The second-order valence-electron chi connectivity index (χ2n) is 5.51. The Bertz CT molecular complexity index is 445. The van der Waals surface area contributed by atoms with Gasteiger partial charge in [-0.05, 0) is 56.9 Å². The van der Waals surface area contributed by atoms with E-state index in [1.807, 2.05) is 0 Å². The molecule has 1 unspecified atom stereocenters. The number of hydrogen-bond donors (Lipinski definition) is 1. The van der Waals surface area contributed by atoms with E-state index in [9.17, 15) is 13.2 Å². The van der Waals surface area contributed by atoms with Gasteiger partial charge in [-0.25, -0.2) is 13.2 Å². The van der Waals surface area contributed by atoms with Crippen LogP contribution in [-0.2, 0) is 6.42 Å². The maximum Gasteiger partial charge on any atom is 0.161 e. The van der Waals surface area contributed by atoms with Crippen LogP contribution in [0.2, 0.25) is 0 Å². The van der Waals surface area contributed by atoms with Crippen LogP contribution in [0.5, 0.6) is 0 Å². The van der Waals surface area contributed by atoms with Gasteiger partial charge in [-0.1, -0.05) is 6.42 Å². The van der Waals surface area contributed by atoms with Crippen molar-refractivity contribution in [2.75, 3.05) is 19.6 Å². The third-order valence-electron chi connectivity index (χ3n) is 3.84. The highest BCUT2D eigenvalue weighted by Crippen LogP contribution is 2.16. The van der Waals surface area contributed by atoms with E-state index in [2.05, 4.69) is 4.90 Å². The van der Waals surface area contributed by atoms with Gasteiger partial charge in [-0.2, -0.15) is 0 Å². The zero-order valence-electron chi connectivity index (χ0n) is 11.5. The van der Waals surface area contributed by atoms with Crippen molar-refractivity contribution in [1.29, 1.82) is 0 Å². The molecule has 0 spiro atoms. The SMILES string of the molecule is NC(CCN1CCCCC1)Cc1cc(F)c(F)cc1F. The molecule has 1 saturated heterocycles. The molecule has 1 aliphatic rings. The van der Waals surface area contributed by atoms with E-state index < -0.39 is 17.5 Å². The first-order valence-electron chi connectivity index (χ1n) is 7.17. The summed E-state index contributed by atoms with van der Waals surface area (Å²) in [6.45, 7) is 3.06. The number of piperidine rings is 1. The molecule has 1 aromatic carbocycles. The fraction of sp³-hybridized carbons (Fsp3) is 0.600. The molecule has 0 aliphatic carbocycles. The summed E-state index contributed by atoms with van der Waals surface area (Å²) >= 11 is 0. The molecule has 1 heterocycles. The van der Waals surface area contributed by atoms with Crippen molar-refractivity contribution in [2.45, 2.75) is 38.1 Å². The fourth-order valence-electron chi connectivity index (χ4n) is 2.64. The van der Waals surface area contributed by atoms with Crippen LogP contribution in [0.25, 0.3) is 0 Å². The van der Waals surface area contributed by atoms with Crippen LogP contribution in [-0.4, -0.2) is 30.6 Å². The lowest BCUT2D eigenvalue weighted by atomic mass is 10.0. The lowest BCUT2D eigenvalue weighted by molar-refractivity contribution is 0.221. The number of nitrogens with zero attached hydrogens (tertiary/aromatic N) is 1. The number of hydrogen-bond acceptors (Lipinski definition) is 2. The number of nitrogens with two attached hydrogens (primary N) is 1. The van der Waals surface area contributed by atoms with Gasteiger partial charge in [0.15, 0.2) is 11.6 Å². The molecule has 0 aromatic heterocycles. The third-order valence-corrected chi connectivity index (χ3v) is 3.84. The Labute approximate surface area is 117 Å². The zero-order chi connectivity index (χ0) is 14.5. The highest BCUT2D eigenvalue weighted by atomic mass is 19.2. The molecule has 1 aromatic rings. The van der Waals surface area contributed by atoms with Gasteiger partial charge in [-0.3, -0.25) is 0 Å². The van der Waals surface area contributed by atoms with Crippen LogP contribution >= 0.6 is 0 Å². The largest absolute Gasteiger partial charge is 0.327 e. The minimum atomic E-state index is -1.16. The maximum atomic E-state index is 13.5. The number of halogens is 3. The summed E-state index contributed by atoms with van der Waals surface area (Å²) in [5.41, 5.74) is 6.12. The summed E-state index contributed by atoms with van der Waals surface area (Å²) in [6, 6.07) is 1.25. The van der Waals surface area contributed by atoms with Gasteiger partial charge < -0.3 is 10.6 Å². The fourth-order valence-corrected chi connectivity index (χ4v) is 2.64. The van der Waals surface area contributed by atoms with Gasteiger partial charge in [0, 0.05) is 12.1 Å². The van der Waals surface area contributed by atoms with Crippen molar-refractivity contribution in [1.82, 2.24) is 4.90 Å². The minimum Gasteiger partial charge on any atom is -0.327 e. The normalized spacial score (nSPS) is 18.2. The minimum absolute atomic E-state index is 0.148. The maximum absolute atomic E-state index is 13.5. The van der Waals surface area contributed by atoms with Crippen LogP contribution in [0.1, 0.15) is 31.2 Å². The summed E-state index contributed by atoms with van der Waals surface area (Å²) in [7, 11) is 0. The van der Waals surface area contributed by atoms with Crippen molar-refractivity contribution in [3.05, 3.63) is 35.1 Å². The van der Waals surface area contributed by atoms with Crippen molar-refractivity contribution < 1.29 is 13.2 Å². The molecule has 1 atom stereocenters. The first kappa shape index (κ1) is 15.3. The lowest BCUT2D eigenvalue weighted by Crippen LogP contribution is -2.35. The van der Waals surface area contributed by atoms with Crippen LogP contribution in [0, 0.1) is 17.5 Å². The molecule has 20 heavy (non-hydrogen) atoms. The average Bonchev–Trinajstić information content (AvgIpc) is 2.44. The Balaban J connectivity index is 1.84. The van der Waals surface area contributed by atoms with Gasteiger partial charge >= 0.3 is 0 Å². The van der Waals surface area contributed by atoms with E-state index in [-0.39, 0.29) is 18.0 Å². The van der Waals surface area contributed by atoms with Gasteiger partial charge in [0.05, 0.1) is 0 Å². The van der Waals surface area contributed by atoms with Gasteiger partial charge in [0.1, 0.15) is 5.82 Å². The van der Waals surface area contributed by atoms with Gasteiger partial charge in [-0.15, -0.1) is 0 Å². The Morgan fingerprint density at radius 3 is 2.35 bits per heavy atom. The van der Waals surface area contributed by atoms with E-state index in [0.717, 1.165) is 32.1 Å². The second kappa shape index (κ2) is 7.09. The molecule has 0 amide bonds. The Hall–Kier alpha value is -1.07. The Morgan fingerprint density at radius 2 is 1.65 bits per heavy atom. The van der Waals surface area contributed by atoms with E-state index in [0.29, 0.717) is 6.07 Å². The smallest absolute Gasteiger partial charge is 0.161 e. The molecule has 0 saturated carbocycles. The van der Waals surface area contributed by atoms with Crippen molar-refractivity contribution in [3.63, 3.8) is 0 Å². The summed E-state index contributed by atoms with van der Waals surface area (Å²) in [6.07, 6.45) is 4.68. The first-order chi connectivity index (χ1) is 9.56. The number of likely N-dealkylation sites (tertiary alicyclic amines) is 1. The quantitative estimate of drug-likeness (QED) is 0.843. The molecule has 2 nitrogen and oxygen atoms in total.